The summed E-state index contributed by atoms with van der Waals surface area (Å²) < 4.78 is 10.5. The molecule has 0 atom stereocenters. The average Bonchev–Trinajstić information content (AvgIpc) is 3.32. The Balaban J connectivity index is 1.56. The summed E-state index contributed by atoms with van der Waals surface area (Å²) >= 11 is 0.871. The number of para-hydroxylation sites is 1. The van der Waals surface area contributed by atoms with Gasteiger partial charge in [0.15, 0.2) is 0 Å². The second kappa shape index (κ2) is 7.81. The van der Waals surface area contributed by atoms with E-state index in [1.165, 1.54) is 7.11 Å². The van der Waals surface area contributed by atoms with E-state index in [2.05, 4.69) is 4.74 Å². The summed E-state index contributed by atoms with van der Waals surface area (Å²) in [7, 11) is 1.33. The lowest BCUT2D eigenvalue weighted by molar-refractivity contribution is -0.113. The van der Waals surface area contributed by atoms with Gasteiger partial charge in [-0.25, -0.2) is 9.69 Å². The maximum Gasteiger partial charge on any atom is 0.337 e. The molecule has 0 aliphatic carbocycles. The van der Waals surface area contributed by atoms with E-state index in [9.17, 15) is 14.4 Å². The highest BCUT2D eigenvalue weighted by Crippen LogP contribution is 2.36. The van der Waals surface area contributed by atoms with Crippen molar-refractivity contribution in [3.8, 4) is 11.3 Å². The van der Waals surface area contributed by atoms with Crippen LogP contribution >= 0.6 is 11.8 Å². The van der Waals surface area contributed by atoms with Gasteiger partial charge >= 0.3 is 5.97 Å². The summed E-state index contributed by atoms with van der Waals surface area (Å²) in [5.41, 5.74) is 1.75. The van der Waals surface area contributed by atoms with E-state index in [1.54, 1.807) is 66.7 Å². The maximum absolute atomic E-state index is 12.7. The minimum atomic E-state index is -0.411. The van der Waals surface area contributed by atoms with Crippen LogP contribution in [0.4, 0.5) is 10.5 Å². The predicted octanol–water partition coefficient (Wildman–Crippen LogP) is 4.97. The van der Waals surface area contributed by atoms with Gasteiger partial charge in [-0.15, -0.1) is 0 Å². The Morgan fingerprint density at radius 3 is 2.41 bits per heavy atom. The third-order valence-electron chi connectivity index (χ3n) is 4.30. The van der Waals surface area contributed by atoms with Crippen molar-refractivity contribution in [2.75, 3.05) is 12.0 Å². The first-order chi connectivity index (χ1) is 14.1. The number of furan rings is 1. The molecular formula is C22H15NO5S. The van der Waals surface area contributed by atoms with Crippen LogP contribution in [-0.4, -0.2) is 24.2 Å². The molecule has 3 aromatic rings. The standard InChI is InChI=1S/C22H15NO5S/c1-27-21(25)15-9-7-14(8-10-15)18-12-11-17(28-18)13-19-20(24)23(22(26)29-19)16-5-3-2-4-6-16/h2-13H,1H3/b19-13-. The fourth-order valence-corrected chi connectivity index (χ4v) is 3.69. The van der Waals surface area contributed by atoms with Crippen LogP contribution in [0, 0.1) is 0 Å². The van der Waals surface area contributed by atoms with Crippen LogP contribution in [0.15, 0.2) is 76.1 Å². The zero-order valence-corrected chi connectivity index (χ0v) is 16.1. The summed E-state index contributed by atoms with van der Waals surface area (Å²) in [6, 6.07) is 19.1. The summed E-state index contributed by atoms with van der Waals surface area (Å²) in [6.07, 6.45) is 1.56. The first kappa shape index (κ1) is 18.8. The highest BCUT2D eigenvalue weighted by molar-refractivity contribution is 8.19. The number of hydrogen-bond acceptors (Lipinski definition) is 6. The van der Waals surface area contributed by atoms with E-state index in [4.69, 9.17) is 4.42 Å². The number of thioether (sulfide) groups is 1. The molecule has 1 aliphatic rings. The smallest absolute Gasteiger partial charge is 0.337 e. The van der Waals surface area contributed by atoms with E-state index >= 15 is 0 Å². The normalized spacial score (nSPS) is 15.2. The zero-order chi connectivity index (χ0) is 20.4. The van der Waals surface area contributed by atoms with Gasteiger partial charge in [0.25, 0.3) is 11.1 Å². The Morgan fingerprint density at radius 1 is 1.00 bits per heavy atom. The van der Waals surface area contributed by atoms with Gasteiger partial charge in [0, 0.05) is 11.6 Å². The minimum Gasteiger partial charge on any atom is -0.465 e. The molecule has 0 unspecified atom stereocenters. The highest BCUT2D eigenvalue weighted by atomic mass is 32.2. The molecule has 144 valence electrons. The summed E-state index contributed by atoms with van der Waals surface area (Å²) in [4.78, 5) is 37.9. The number of benzene rings is 2. The van der Waals surface area contributed by atoms with Gasteiger partial charge in [-0.1, -0.05) is 30.3 Å². The quantitative estimate of drug-likeness (QED) is 0.450. The van der Waals surface area contributed by atoms with Crippen LogP contribution in [-0.2, 0) is 9.53 Å². The Hall–Kier alpha value is -3.58. The molecule has 1 aliphatic heterocycles. The topological polar surface area (TPSA) is 76.8 Å². The molecule has 2 aromatic carbocycles. The third-order valence-corrected chi connectivity index (χ3v) is 5.17. The molecular weight excluding hydrogens is 390 g/mol. The van der Waals surface area contributed by atoms with E-state index in [0.717, 1.165) is 22.2 Å². The molecule has 0 bridgehead atoms. The first-order valence-electron chi connectivity index (χ1n) is 8.68. The van der Waals surface area contributed by atoms with Crippen molar-refractivity contribution >= 4 is 40.6 Å². The molecule has 0 N–H and O–H groups in total. The second-order valence-electron chi connectivity index (χ2n) is 6.12. The van der Waals surface area contributed by atoms with Crippen molar-refractivity contribution in [1.29, 1.82) is 0 Å². The molecule has 0 radical (unpaired) electrons. The van der Waals surface area contributed by atoms with Crippen LogP contribution in [0.25, 0.3) is 17.4 Å². The van der Waals surface area contributed by atoms with Crippen molar-refractivity contribution in [3.05, 3.63) is 83.0 Å². The molecule has 1 fully saturated rings. The molecule has 0 saturated carbocycles. The second-order valence-corrected chi connectivity index (χ2v) is 7.12. The van der Waals surface area contributed by atoms with Crippen LogP contribution in [0.5, 0.6) is 0 Å². The zero-order valence-electron chi connectivity index (χ0n) is 15.3. The number of carbonyl (C=O) groups excluding carboxylic acids is 3. The number of ether oxygens (including phenoxy) is 1. The van der Waals surface area contributed by atoms with Gasteiger partial charge in [-0.05, 0) is 48.2 Å². The first-order valence-corrected chi connectivity index (χ1v) is 9.50. The van der Waals surface area contributed by atoms with Crippen molar-refractivity contribution in [2.24, 2.45) is 0 Å². The van der Waals surface area contributed by atoms with Crippen molar-refractivity contribution in [1.82, 2.24) is 0 Å². The number of nitrogens with zero attached hydrogens (tertiary/aromatic N) is 1. The maximum atomic E-state index is 12.7. The fourth-order valence-electron chi connectivity index (χ4n) is 2.87. The molecule has 1 aromatic heterocycles. The molecule has 2 heterocycles. The number of rotatable bonds is 4. The molecule has 29 heavy (non-hydrogen) atoms. The van der Waals surface area contributed by atoms with Gasteiger partial charge < -0.3 is 9.15 Å². The van der Waals surface area contributed by atoms with Crippen molar-refractivity contribution in [2.45, 2.75) is 0 Å². The van der Waals surface area contributed by atoms with Crippen LogP contribution in [0.3, 0.4) is 0 Å². The minimum absolute atomic E-state index is 0.292. The Kier molecular flexibility index (Phi) is 5.05. The number of anilines is 1. The van der Waals surface area contributed by atoms with E-state index in [1.807, 2.05) is 6.07 Å². The van der Waals surface area contributed by atoms with Crippen LogP contribution < -0.4 is 4.90 Å². The molecule has 6 nitrogen and oxygen atoms in total. The third kappa shape index (κ3) is 3.72. The number of hydrogen-bond donors (Lipinski definition) is 0. The van der Waals surface area contributed by atoms with E-state index < -0.39 is 5.97 Å². The van der Waals surface area contributed by atoms with Gasteiger partial charge in [0.1, 0.15) is 11.5 Å². The van der Waals surface area contributed by atoms with E-state index in [0.29, 0.717) is 27.7 Å². The van der Waals surface area contributed by atoms with E-state index in [-0.39, 0.29) is 11.1 Å². The fraction of sp³-hybridized carbons (Fsp3) is 0.0455. The monoisotopic (exact) mass is 405 g/mol. The van der Waals surface area contributed by atoms with Gasteiger partial charge in [-0.2, -0.15) is 0 Å². The number of amides is 2. The Labute approximate surface area is 170 Å². The van der Waals surface area contributed by atoms with Crippen molar-refractivity contribution < 1.29 is 23.5 Å². The number of methoxy groups -OCH3 is 1. The lowest BCUT2D eigenvalue weighted by atomic mass is 10.1. The molecule has 0 spiro atoms. The van der Waals surface area contributed by atoms with Crippen LogP contribution in [0.1, 0.15) is 16.1 Å². The molecule has 4 rings (SSSR count). The number of carbonyl (C=O) groups is 3. The van der Waals surface area contributed by atoms with Gasteiger partial charge in [0.05, 0.1) is 23.3 Å². The molecule has 1 saturated heterocycles. The Morgan fingerprint density at radius 2 is 1.72 bits per heavy atom. The number of imide groups is 1. The lowest BCUT2D eigenvalue weighted by Gasteiger charge is -2.11. The lowest BCUT2D eigenvalue weighted by Crippen LogP contribution is -2.27. The largest absolute Gasteiger partial charge is 0.465 e. The molecule has 2 amide bonds. The summed E-state index contributed by atoms with van der Waals surface area (Å²) in [5, 5.41) is -0.349. The predicted molar refractivity (Wildman–Crippen MR) is 110 cm³/mol. The van der Waals surface area contributed by atoms with Crippen molar-refractivity contribution in [3.63, 3.8) is 0 Å². The summed E-state index contributed by atoms with van der Waals surface area (Å²) in [6.45, 7) is 0. The molecule has 7 heteroatoms. The summed E-state index contributed by atoms with van der Waals surface area (Å²) in [5.74, 6) is 0.239. The number of esters is 1. The highest BCUT2D eigenvalue weighted by Gasteiger charge is 2.36. The van der Waals surface area contributed by atoms with Gasteiger partial charge in [-0.3, -0.25) is 9.59 Å². The average molecular weight is 405 g/mol. The van der Waals surface area contributed by atoms with Crippen LogP contribution in [0.2, 0.25) is 0 Å². The SMILES string of the molecule is COC(=O)c1ccc(-c2ccc(/C=C3\SC(=O)N(c4ccccc4)C3=O)o2)cc1. The van der Waals surface area contributed by atoms with Gasteiger partial charge in [0.2, 0.25) is 0 Å². The Bertz CT molecular complexity index is 1120.